The number of aromatic nitrogens is 8. The van der Waals surface area contributed by atoms with Gasteiger partial charge in [-0.3, -0.25) is 49.5 Å². The summed E-state index contributed by atoms with van der Waals surface area (Å²) in [7, 11) is 1.43. The van der Waals surface area contributed by atoms with Crippen molar-refractivity contribution in [3.63, 3.8) is 0 Å². The molecular formula is C47H55N15O8. The van der Waals surface area contributed by atoms with Gasteiger partial charge in [-0.1, -0.05) is 24.0 Å². The number of primary amides is 2. The zero-order valence-corrected chi connectivity index (χ0v) is 40.0. The van der Waals surface area contributed by atoms with E-state index in [0.29, 0.717) is 52.4 Å². The summed E-state index contributed by atoms with van der Waals surface area (Å²) in [4.78, 5) is 78.2. The predicted molar refractivity (Wildman–Crippen MR) is 263 cm³/mol. The topological polar surface area (TPSA) is 311 Å². The van der Waals surface area contributed by atoms with E-state index in [1.165, 1.54) is 48.3 Å². The molecule has 2 aromatic carbocycles. The lowest BCUT2D eigenvalue weighted by Crippen LogP contribution is -2.27. The quantitative estimate of drug-likeness (QED) is 0.0393. The van der Waals surface area contributed by atoms with Crippen molar-refractivity contribution in [3.8, 4) is 23.3 Å². The van der Waals surface area contributed by atoms with E-state index in [-0.39, 0.29) is 72.0 Å². The molecule has 366 valence electrons. The maximum absolute atomic E-state index is 13.9. The lowest BCUT2D eigenvalue weighted by atomic mass is 10.1. The second-order valence-electron chi connectivity index (χ2n) is 16.5. The van der Waals surface area contributed by atoms with Crippen LogP contribution in [0.3, 0.4) is 0 Å². The number of allylic oxidation sites excluding steroid dienone is 3. The second kappa shape index (κ2) is 21.8. The van der Waals surface area contributed by atoms with E-state index in [2.05, 4.69) is 48.0 Å². The molecule has 9 N–H and O–H groups in total. The number of methoxy groups -OCH3 is 1. The summed E-state index contributed by atoms with van der Waals surface area (Å²) in [6.07, 6.45) is 7.45. The van der Waals surface area contributed by atoms with Crippen LogP contribution in [0.5, 0.6) is 11.5 Å². The molecule has 23 nitrogen and oxygen atoms in total. The Morgan fingerprint density at radius 3 is 2.03 bits per heavy atom. The number of nitrogens with two attached hydrogens (primary N) is 3. The van der Waals surface area contributed by atoms with Gasteiger partial charge in [0.25, 0.3) is 11.8 Å². The Morgan fingerprint density at radius 2 is 1.46 bits per heavy atom. The molecule has 4 heterocycles. The Bertz CT molecular complexity index is 3150. The summed E-state index contributed by atoms with van der Waals surface area (Å²) in [6, 6.07) is 7.58. The number of aryl methyl sites for hydroxylation is 2. The molecule has 6 aromatic rings. The molecule has 4 aromatic heterocycles. The number of carbonyl (C=O) groups is 5. The van der Waals surface area contributed by atoms with Gasteiger partial charge in [-0.25, -0.2) is 14.8 Å². The Morgan fingerprint density at radius 1 is 0.843 bits per heavy atom. The van der Waals surface area contributed by atoms with E-state index in [1.54, 1.807) is 79.8 Å². The van der Waals surface area contributed by atoms with Gasteiger partial charge in [0.2, 0.25) is 23.7 Å². The Hall–Kier alpha value is -8.94. The zero-order chi connectivity index (χ0) is 50.9. The number of ether oxygens (including phenoxy) is 3. The molecule has 0 atom stereocenters. The van der Waals surface area contributed by atoms with Crippen molar-refractivity contribution in [2.24, 2.45) is 22.2 Å². The van der Waals surface area contributed by atoms with E-state index in [4.69, 9.17) is 36.4 Å². The number of amides is 5. The lowest BCUT2D eigenvalue weighted by molar-refractivity contribution is -0.110. The molecule has 0 aliphatic rings. The first-order valence-corrected chi connectivity index (χ1v) is 21.9. The van der Waals surface area contributed by atoms with E-state index in [0.717, 1.165) is 0 Å². The molecule has 0 bridgehead atoms. The number of benzene rings is 2. The monoisotopic (exact) mass is 957 g/mol. The number of anilines is 3. The van der Waals surface area contributed by atoms with Crippen LogP contribution in [0.2, 0.25) is 0 Å². The van der Waals surface area contributed by atoms with Crippen molar-refractivity contribution < 1.29 is 38.2 Å². The molecule has 0 saturated heterocycles. The maximum Gasteiger partial charge on any atom is 0.412 e. The third-order valence-electron chi connectivity index (χ3n) is 9.90. The summed E-state index contributed by atoms with van der Waals surface area (Å²) < 4.78 is 23.6. The first-order chi connectivity index (χ1) is 33.3. The highest BCUT2D eigenvalue weighted by atomic mass is 16.6. The van der Waals surface area contributed by atoms with Gasteiger partial charge in [-0.15, -0.1) is 0 Å². The van der Waals surface area contributed by atoms with Gasteiger partial charge < -0.3 is 40.5 Å². The largest absolute Gasteiger partial charge is 0.494 e. The van der Waals surface area contributed by atoms with Crippen LogP contribution in [-0.2, 0) is 35.7 Å². The second-order valence-corrected chi connectivity index (χ2v) is 16.5. The number of nitrogens with one attached hydrogen (secondary N) is 3. The van der Waals surface area contributed by atoms with E-state index < -0.39 is 35.3 Å². The summed E-state index contributed by atoms with van der Waals surface area (Å²) in [5, 5.41) is 17.0. The number of hydrogen-bond donors (Lipinski definition) is 6. The Labute approximate surface area is 402 Å². The van der Waals surface area contributed by atoms with Gasteiger partial charge in [0, 0.05) is 49.2 Å². The summed E-state index contributed by atoms with van der Waals surface area (Å²) in [6.45, 7) is 13.2. The van der Waals surface area contributed by atoms with Crippen molar-refractivity contribution in [1.82, 2.24) is 38.7 Å². The predicted octanol–water partition coefficient (Wildman–Crippen LogP) is 4.51. The van der Waals surface area contributed by atoms with Gasteiger partial charge >= 0.3 is 6.09 Å². The average Bonchev–Trinajstić information content (AvgIpc) is 4.07. The molecule has 23 heteroatoms. The van der Waals surface area contributed by atoms with Crippen molar-refractivity contribution >= 4 is 75.1 Å². The van der Waals surface area contributed by atoms with Crippen LogP contribution in [0.1, 0.15) is 78.4 Å². The van der Waals surface area contributed by atoms with Gasteiger partial charge in [-0.05, 0) is 84.9 Å². The standard InChI is InChI=1S/C47H55N15O8/c1-9-51-34(19-27(3)48)42(65)56-44-54-32-21-29(40(49)63)23-36(68-8)38(32)60(44)16-11-12-17-61-39-33(55-45(61)57-43(66)35-20-28(4)58-62(35)10-2)22-30(41(50)64)24-37(39)69-18-14-13-15-59-26-31(25-52-59)53-46(67)70-47(5,6)7/h11-12,19-26H,9-10,15-18,48H2,1-8H3,(H2,49,63)(H2,50,64)(H,53,67)(H,54,56,65)(H,55,57,66)/b12-11+,27-19-,51-34?. The van der Waals surface area contributed by atoms with Gasteiger partial charge in [0.15, 0.2) is 0 Å². The molecule has 70 heavy (non-hydrogen) atoms. The maximum atomic E-state index is 13.9. The first-order valence-electron chi connectivity index (χ1n) is 21.9. The Balaban J connectivity index is 1.35. The van der Waals surface area contributed by atoms with Gasteiger partial charge in [0.05, 0.1) is 35.7 Å². The van der Waals surface area contributed by atoms with Crippen LogP contribution in [0.25, 0.3) is 22.1 Å². The minimum absolute atomic E-state index is 0.0697. The van der Waals surface area contributed by atoms with Crippen LogP contribution in [0.4, 0.5) is 22.4 Å². The minimum Gasteiger partial charge on any atom is -0.494 e. The fraction of sp³-hybridized carbons (Fsp3) is 0.319. The highest BCUT2D eigenvalue weighted by molar-refractivity contribution is 6.47. The normalized spacial score (nSPS) is 11.9. The number of nitrogens with zero attached hydrogens (tertiary/aromatic N) is 9. The first kappa shape index (κ1) is 50.5. The van der Waals surface area contributed by atoms with Crippen LogP contribution in [-0.4, -0.2) is 100.0 Å². The van der Waals surface area contributed by atoms with E-state index in [1.807, 2.05) is 6.92 Å². The number of fused-ring (bicyclic) bond motifs is 2. The van der Waals surface area contributed by atoms with Gasteiger partial charge in [0.1, 0.15) is 52.7 Å². The van der Waals surface area contributed by atoms with Crippen molar-refractivity contribution in [2.75, 3.05) is 36.2 Å². The van der Waals surface area contributed by atoms with Crippen LogP contribution in [0.15, 0.2) is 71.6 Å². The van der Waals surface area contributed by atoms with E-state index >= 15 is 0 Å². The fourth-order valence-corrected chi connectivity index (χ4v) is 7.02. The van der Waals surface area contributed by atoms with Crippen molar-refractivity contribution in [1.29, 1.82) is 0 Å². The van der Waals surface area contributed by atoms with Gasteiger partial charge in [-0.2, -0.15) is 10.2 Å². The third-order valence-corrected chi connectivity index (χ3v) is 9.90. The number of rotatable bonds is 18. The molecule has 0 spiro atoms. The molecule has 0 fully saturated rings. The molecule has 0 aliphatic carbocycles. The number of aliphatic imine (C=N–C) groups is 1. The highest BCUT2D eigenvalue weighted by Gasteiger charge is 2.24. The summed E-state index contributed by atoms with van der Waals surface area (Å²) in [5.74, 6) is 4.04. The number of carbonyl (C=O) groups excluding carboxylic acids is 5. The minimum atomic E-state index is -0.745. The van der Waals surface area contributed by atoms with Crippen molar-refractivity contribution in [2.45, 2.75) is 80.2 Å². The smallest absolute Gasteiger partial charge is 0.412 e. The SMILES string of the molecule is CCN=C(/C=C(/C)N)C(=O)Nc1nc2cc(C(N)=O)cc(OC)c2n1C/C=C/Cn1c(NC(=O)c2cc(C)nn2CC)nc2cc(C(N)=O)cc(OCC#CCn3cc(NC(=O)OC(C)(C)C)cn3)c21. The Kier molecular flexibility index (Phi) is 15.7. The van der Waals surface area contributed by atoms with Crippen molar-refractivity contribution in [3.05, 3.63) is 89.2 Å². The molecule has 6 rings (SSSR count). The number of hydrogen-bond acceptors (Lipinski definition) is 14. The molecule has 0 radical (unpaired) electrons. The summed E-state index contributed by atoms with van der Waals surface area (Å²) >= 11 is 0. The lowest BCUT2D eigenvalue weighted by Gasteiger charge is -2.19. The fourth-order valence-electron chi connectivity index (χ4n) is 7.02. The third kappa shape index (κ3) is 12.3. The molecule has 0 saturated carbocycles. The molecule has 5 amide bonds. The zero-order valence-electron chi connectivity index (χ0n) is 40.0. The van der Waals surface area contributed by atoms with Crippen LogP contribution >= 0.6 is 0 Å². The average molecular weight is 958 g/mol. The van der Waals surface area contributed by atoms with Crippen LogP contribution in [0, 0.1) is 18.8 Å². The molecule has 0 unspecified atom stereocenters. The van der Waals surface area contributed by atoms with E-state index in [9.17, 15) is 24.0 Å². The highest BCUT2D eigenvalue weighted by Crippen LogP contribution is 2.33. The number of imidazole rings is 2. The summed E-state index contributed by atoms with van der Waals surface area (Å²) in [5.41, 5.74) is 20.1. The van der Waals surface area contributed by atoms with Crippen LogP contribution < -0.4 is 42.6 Å². The molecule has 0 aliphatic heterocycles. The molecular weight excluding hydrogens is 903 g/mol.